The van der Waals surface area contributed by atoms with Crippen molar-refractivity contribution in [3.63, 3.8) is 0 Å². The van der Waals surface area contributed by atoms with Gasteiger partial charge in [0.05, 0.1) is 28.4 Å². The van der Waals surface area contributed by atoms with Gasteiger partial charge in [-0.3, -0.25) is 0 Å². The van der Waals surface area contributed by atoms with Crippen molar-refractivity contribution < 1.29 is 12.8 Å². The highest BCUT2D eigenvalue weighted by atomic mass is 35.5. The molecule has 1 fully saturated rings. The number of nitrogens with zero attached hydrogens (tertiary/aromatic N) is 4. The zero-order chi connectivity index (χ0) is 15.0. The Labute approximate surface area is 126 Å². The first-order chi connectivity index (χ1) is 9.98. The third-order valence-electron chi connectivity index (χ3n) is 3.42. The van der Waals surface area contributed by atoms with E-state index in [0.717, 1.165) is 12.1 Å². The fourth-order valence-electron chi connectivity index (χ4n) is 2.32. The SMILES string of the molecule is O=S(=O)(c1ccc(F)c(Cl)c1)N1CCC(n2nccn2)C1. The van der Waals surface area contributed by atoms with Gasteiger partial charge in [0.1, 0.15) is 5.82 Å². The number of benzene rings is 1. The average molecular weight is 331 g/mol. The monoisotopic (exact) mass is 330 g/mol. The van der Waals surface area contributed by atoms with Crippen LogP contribution >= 0.6 is 11.6 Å². The van der Waals surface area contributed by atoms with E-state index in [9.17, 15) is 12.8 Å². The standard InChI is InChI=1S/C12H12ClFN4O2S/c13-11-7-10(1-2-12(11)14)21(19,20)17-6-3-9(8-17)18-15-4-5-16-18/h1-2,4-5,7,9H,3,6,8H2. The molecule has 1 aromatic carbocycles. The molecule has 112 valence electrons. The molecule has 1 saturated heterocycles. The van der Waals surface area contributed by atoms with Crippen molar-refractivity contribution in [2.24, 2.45) is 0 Å². The summed E-state index contributed by atoms with van der Waals surface area (Å²) >= 11 is 5.65. The molecule has 1 aliphatic rings. The molecule has 0 spiro atoms. The Balaban J connectivity index is 1.84. The Bertz CT molecular complexity index is 751. The van der Waals surface area contributed by atoms with Crippen LogP contribution in [0.15, 0.2) is 35.5 Å². The van der Waals surface area contributed by atoms with Crippen LogP contribution in [0.1, 0.15) is 12.5 Å². The minimum absolute atomic E-state index is 0.0111. The summed E-state index contributed by atoms with van der Waals surface area (Å²) in [5.41, 5.74) is 0. The van der Waals surface area contributed by atoms with E-state index in [1.807, 2.05) is 0 Å². The van der Waals surface area contributed by atoms with Gasteiger partial charge in [0, 0.05) is 13.1 Å². The smallest absolute Gasteiger partial charge is 0.207 e. The van der Waals surface area contributed by atoms with Crippen LogP contribution in [-0.2, 0) is 10.0 Å². The highest BCUT2D eigenvalue weighted by molar-refractivity contribution is 7.89. The Kier molecular flexibility index (Phi) is 3.68. The normalized spacial score (nSPS) is 20.0. The molecule has 6 nitrogen and oxygen atoms in total. The third kappa shape index (κ3) is 2.66. The van der Waals surface area contributed by atoms with E-state index in [1.165, 1.54) is 15.2 Å². The molecule has 1 aliphatic heterocycles. The summed E-state index contributed by atoms with van der Waals surface area (Å²) in [6, 6.07) is 3.31. The molecule has 9 heteroatoms. The lowest BCUT2D eigenvalue weighted by Gasteiger charge is -2.16. The van der Waals surface area contributed by atoms with Crippen LogP contribution < -0.4 is 0 Å². The molecule has 0 aliphatic carbocycles. The molecule has 0 amide bonds. The van der Waals surface area contributed by atoms with Crippen molar-refractivity contribution in [1.82, 2.24) is 19.3 Å². The molecular formula is C12H12ClFN4O2S. The van der Waals surface area contributed by atoms with Crippen LogP contribution in [0.2, 0.25) is 5.02 Å². The molecular weight excluding hydrogens is 319 g/mol. The summed E-state index contributed by atoms with van der Waals surface area (Å²) in [6.07, 6.45) is 3.73. The van der Waals surface area contributed by atoms with Crippen LogP contribution in [0.25, 0.3) is 0 Å². The second-order valence-electron chi connectivity index (χ2n) is 4.73. The number of sulfonamides is 1. The minimum atomic E-state index is -3.69. The van der Waals surface area contributed by atoms with Gasteiger partial charge in [-0.1, -0.05) is 11.6 Å². The zero-order valence-electron chi connectivity index (χ0n) is 10.9. The van der Waals surface area contributed by atoms with Gasteiger partial charge in [-0.15, -0.1) is 0 Å². The Morgan fingerprint density at radius 3 is 2.67 bits per heavy atom. The summed E-state index contributed by atoms with van der Waals surface area (Å²) in [6.45, 7) is 0.648. The number of hydrogen-bond donors (Lipinski definition) is 0. The van der Waals surface area contributed by atoms with Gasteiger partial charge in [-0.2, -0.15) is 19.3 Å². The Morgan fingerprint density at radius 2 is 2.00 bits per heavy atom. The van der Waals surface area contributed by atoms with Gasteiger partial charge in [-0.05, 0) is 24.6 Å². The number of hydrogen-bond acceptors (Lipinski definition) is 4. The fraction of sp³-hybridized carbons (Fsp3) is 0.333. The van der Waals surface area contributed by atoms with E-state index in [0.29, 0.717) is 13.0 Å². The van der Waals surface area contributed by atoms with Gasteiger partial charge in [-0.25, -0.2) is 12.8 Å². The Hall–Kier alpha value is -1.51. The van der Waals surface area contributed by atoms with Gasteiger partial charge in [0.15, 0.2) is 0 Å². The minimum Gasteiger partial charge on any atom is -0.207 e. The summed E-state index contributed by atoms with van der Waals surface area (Å²) < 4.78 is 39.5. The predicted molar refractivity (Wildman–Crippen MR) is 73.8 cm³/mol. The number of rotatable bonds is 3. The summed E-state index contributed by atoms with van der Waals surface area (Å²) in [4.78, 5) is 1.50. The van der Waals surface area contributed by atoms with Crippen LogP contribution in [0.4, 0.5) is 4.39 Å². The molecule has 0 N–H and O–H groups in total. The molecule has 3 rings (SSSR count). The molecule has 0 bridgehead atoms. The van der Waals surface area contributed by atoms with Gasteiger partial charge < -0.3 is 0 Å². The lowest BCUT2D eigenvalue weighted by atomic mass is 10.3. The van der Waals surface area contributed by atoms with Gasteiger partial charge >= 0.3 is 0 Å². The van der Waals surface area contributed by atoms with Crippen molar-refractivity contribution in [2.45, 2.75) is 17.4 Å². The van der Waals surface area contributed by atoms with Crippen LogP contribution in [-0.4, -0.2) is 40.8 Å². The van der Waals surface area contributed by atoms with Crippen LogP contribution in [0, 0.1) is 5.82 Å². The average Bonchev–Trinajstić information content (AvgIpc) is 3.11. The Morgan fingerprint density at radius 1 is 1.29 bits per heavy atom. The predicted octanol–water partition coefficient (Wildman–Crippen LogP) is 1.71. The molecule has 0 radical (unpaired) electrons. The summed E-state index contributed by atoms with van der Waals surface area (Å²) in [5, 5.41) is 7.85. The van der Waals surface area contributed by atoms with E-state index in [4.69, 9.17) is 11.6 Å². The van der Waals surface area contributed by atoms with Crippen molar-refractivity contribution in [3.05, 3.63) is 41.4 Å². The summed E-state index contributed by atoms with van der Waals surface area (Å²) in [7, 11) is -3.69. The quantitative estimate of drug-likeness (QED) is 0.859. The topological polar surface area (TPSA) is 68.1 Å². The lowest BCUT2D eigenvalue weighted by molar-refractivity contribution is 0.402. The van der Waals surface area contributed by atoms with E-state index in [1.54, 1.807) is 12.4 Å². The largest absolute Gasteiger partial charge is 0.243 e. The third-order valence-corrected chi connectivity index (χ3v) is 5.57. The van der Waals surface area contributed by atoms with E-state index < -0.39 is 15.8 Å². The van der Waals surface area contributed by atoms with Crippen molar-refractivity contribution in [2.75, 3.05) is 13.1 Å². The first-order valence-corrected chi connectivity index (χ1v) is 8.11. The van der Waals surface area contributed by atoms with Gasteiger partial charge in [0.25, 0.3) is 0 Å². The second kappa shape index (κ2) is 5.36. The van der Waals surface area contributed by atoms with E-state index in [2.05, 4.69) is 10.2 Å². The van der Waals surface area contributed by atoms with Gasteiger partial charge in [0.2, 0.25) is 10.0 Å². The van der Waals surface area contributed by atoms with Crippen molar-refractivity contribution in [1.29, 1.82) is 0 Å². The molecule has 1 atom stereocenters. The zero-order valence-corrected chi connectivity index (χ0v) is 12.4. The van der Waals surface area contributed by atoms with E-state index in [-0.39, 0.29) is 22.5 Å². The first kappa shape index (κ1) is 14.4. The molecule has 2 heterocycles. The molecule has 21 heavy (non-hydrogen) atoms. The number of aromatic nitrogens is 3. The van der Waals surface area contributed by atoms with Crippen LogP contribution in [0.5, 0.6) is 0 Å². The van der Waals surface area contributed by atoms with Crippen molar-refractivity contribution in [3.8, 4) is 0 Å². The first-order valence-electron chi connectivity index (χ1n) is 6.29. The highest BCUT2D eigenvalue weighted by Gasteiger charge is 2.34. The van der Waals surface area contributed by atoms with E-state index >= 15 is 0 Å². The van der Waals surface area contributed by atoms with Crippen LogP contribution in [0.3, 0.4) is 0 Å². The molecule has 2 aromatic rings. The molecule has 1 unspecified atom stereocenters. The maximum Gasteiger partial charge on any atom is 0.243 e. The second-order valence-corrected chi connectivity index (χ2v) is 7.08. The molecule has 1 aromatic heterocycles. The maximum atomic E-state index is 13.2. The fourth-order valence-corrected chi connectivity index (χ4v) is 4.08. The summed E-state index contributed by atoms with van der Waals surface area (Å²) in [5.74, 6) is -0.643. The highest BCUT2D eigenvalue weighted by Crippen LogP contribution is 2.28. The number of halogens is 2. The maximum absolute atomic E-state index is 13.2. The lowest BCUT2D eigenvalue weighted by Crippen LogP contribution is -2.29. The van der Waals surface area contributed by atoms with Crippen molar-refractivity contribution >= 4 is 21.6 Å². The molecule has 0 saturated carbocycles.